The van der Waals surface area contributed by atoms with E-state index in [1.807, 2.05) is 6.92 Å². The molecule has 0 spiro atoms. The van der Waals surface area contributed by atoms with Crippen molar-refractivity contribution in [2.45, 2.75) is 19.4 Å². The van der Waals surface area contributed by atoms with Gasteiger partial charge in [0.25, 0.3) is 0 Å². The van der Waals surface area contributed by atoms with Crippen LogP contribution in [0.2, 0.25) is 10.0 Å². The molecule has 0 aromatic heterocycles. The molecule has 0 aliphatic heterocycles. The first-order valence-corrected chi connectivity index (χ1v) is 5.25. The number of hydrogen-bond donors (Lipinski definition) is 2. The van der Waals surface area contributed by atoms with E-state index in [9.17, 15) is 5.11 Å². The molecule has 0 radical (unpaired) electrons. The summed E-state index contributed by atoms with van der Waals surface area (Å²) in [5.74, 6) is 0. The number of hydrogen-bond acceptors (Lipinski definition) is 2. The third-order valence-corrected chi connectivity index (χ3v) is 2.31. The van der Waals surface area contributed by atoms with E-state index in [2.05, 4.69) is 5.32 Å². The van der Waals surface area contributed by atoms with E-state index in [4.69, 9.17) is 23.2 Å². The molecule has 0 saturated carbocycles. The Kier molecular flexibility index (Phi) is 4.52. The van der Waals surface area contributed by atoms with Gasteiger partial charge in [0.1, 0.15) is 0 Å². The third kappa shape index (κ3) is 3.74. The maximum Gasteiger partial charge on any atom is 0.0709 e. The van der Waals surface area contributed by atoms with Gasteiger partial charge in [-0.05, 0) is 24.6 Å². The minimum absolute atomic E-state index is 0.340. The second kappa shape index (κ2) is 5.44. The number of benzene rings is 1. The van der Waals surface area contributed by atoms with E-state index in [1.54, 1.807) is 18.2 Å². The number of anilines is 1. The Balaban J connectivity index is 2.58. The van der Waals surface area contributed by atoms with Gasteiger partial charge < -0.3 is 10.4 Å². The third-order valence-electron chi connectivity index (χ3n) is 1.88. The van der Waals surface area contributed by atoms with Crippen LogP contribution >= 0.6 is 23.2 Å². The van der Waals surface area contributed by atoms with Gasteiger partial charge in [0, 0.05) is 22.3 Å². The van der Waals surface area contributed by atoms with E-state index in [0.29, 0.717) is 16.6 Å². The zero-order valence-electron chi connectivity index (χ0n) is 7.93. The van der Waals surface area contributed by atoms with Gasteiger partial charge in [-0.1, -0.05) is 30.1 Å². The van der Waals surface area contributed by atoms with Crippen LogP contribution in [0, 0.1) is 0 Å². The summed E-state index contributed by atoms with van der Waals surface area (Å²) in [6, 6.07) is 5.22. The van der Waals surface area contributed by atoms with Gasteiger partial charge in [-0.2, -0.15) is 0 Å². The van der Waals surface area contributed by atoms with Crippen molar-refractivity contribution in [1.82, 2.24) is 0 Å². The zero-order valence-corrected chi connectivity index (χ0v) is 9.44. The molecule has 2 nitrogen and oxygen atoms in total. The lowest BCUT2D eigenvalue weighted by atomic mass is 10.2. The summed E-state index contributed by atoms with van der Waals surface area (Å²) in [5.41, 5.74) is 0.829. The topological polar surface area (TPSA) is 32.3 Å². The molecule has 1 aromatic carbocycles. The highest BCUT2D eigenvalue weighted by Gasteiger charge is 2.01. The van der Waals surface area contributed by atoms with Gasteiger partial charge in [-0.15, -0.1) is 0 Å². The van der Waals surface area contributed by atoms with Crippen molar-refractivity contribution in [2.24, 2.45) is 0 Å². The van der Waals surface area contributed by atoms with Crippen LogP contribution in [0.15, 0.2) is 18.2 Å². The predicted octanol–water partition coefficient (Wildman–Crippen LogP) is 3.18. The molecule has 0 aliphatic rings. The minimum Gasteiger partial charge on any atom is -0.391 e. The molecule has 0 saturated heterocycles. The Morgan fingerprint density at radius 1 is 1.29 bits per heavy atom. The minimum atomic E-state index is -0.340. The first kappa shape index (κ1) is 11.6. The molecule has 0 heterocycles. The average Bonchev–Trinajstić information content (AvgIpc) is 2.12. The highest BCUT2D eigenvalue weighted by atomic mass is 35.5. The normalized spacial score (nSPS) is 12.6. The van der Waals surface area contributed by atoms with E-state index in [0.717, 1.165) is 12.1 Å². The Bertz CT molecular complexity index is 284. The first-order chi connectivity index (χ1) is 6.61. The lowest BCUT2D eigenvalue weighted by Crippen LogP contribution is -2.18. The first-order valence-electron chi connectivity index (χ1n) is 4.50. The molecule has 0 fully saturated rings. The highest BCUT2D eigenvalue weighted by Crippen LogP contribution is 2.22. The predicted molar refractivity (Wildman–Crippen MR) is 61.2 cm³/mol. The van der Waals surface area contributed by atoms with Crippen LogP contribution in [0.4, 0.5) is 5.69 Å². The smallest absolute Gasteiger partial charge is 0.0709 e. The maximum atomic E-state index is 9.33. The summed E-state index contributed by atoms with van der Waals surface area (Å²) in [4.78, 5) is 0. The quantitative estimate of drug-likeness (QED) is 0.838. The maximum absolute atomic E-state index is 9.33. The molecule has 78 valence electrons. The summed E-state index contributed by atoms with van der Waals surface area (Å²) in [5, 5.41) is 13.6. The molecule has 1 atom stereocenters. The summed E-state index contributed by atoms with van der Waals surface area (Å²) in [6.45, 7) is 2.43. The van der Waals surface area contributed by atoms with Gasteiger partial charge in [0.15, 0.2) is 0 Å². The van der Waals surface area contributed by atoms with Crippen LogP contribution in [0.3, 0.4) is 0 Å². The van der Waals surface area contributed by atoms with E-state index in [1.165, 1.54) is 0 Å². The number of rotatable bonds is 4. The number of halogens is 2. The molecule has 14 heavy (non-hydrogen) atoms. The Morgan fingerprint density at radius 3 is 2.36 bits per heavy atom. The van der Waals surface area contributed by atoms with Crippen molar-refractivity contribution in [3.63, 3.8) is 0 Å². The van der Waals surface area contributed by atoms with Crippen molar-refractivity contribution in [3.05, 3.63) is 28.2 Å². The van der Waals surface area contributed by atoms with Gasteiger partial charge >= 0.3 is 0 Å². The van der Waals surface area contributed by atoms with E-state index in [-0.39, 0.29) is 6.10 Å². The molecule has 0 amide bonds. The number of aliphatic hydroxyl groups excluding tert-OH is 1. The van der Waals surface area contributed by atoms with Gasteiger partial charge in [0.05, 0.1) is 6.10 Å². The fourth-order valence-corrected chi connectivity index (χ4v) is 1.56. The molecule has 1 unspecified atom stereocenters. The van der Waals surface area contributed by atoms with Crippen molar-refractivity contribution >= 4 is 28.9 Å². The van der Waals surface area contributed by atoms with Gasteiger partial charge in [0.2, 0.25) is 0 Å². The molecule has 1 rings (SSSR count). The van der Waals surface area contributed by atoms with Crippen LogP contribution < -0.4 is 5.32 Å². The van der Waals surface area contributed by atoms with Gasteiger partial charge in [-0.3, -0.25) is 0 Å². The van der Waals surface area contributed by atoms with Crippen LogP contribution in [0.25, 0.3) is 0 Å². The van der Waals surface area contributed by atoms with Crippen molar-refractivity contribution < 1.29 is 5.11 Å². The Labute approximate surface area is 93.8 Å². The second-order valence-corrected chi connectivity index (χ2v) is 3.97. The van der Waals surface area contributed by atoms with E-state index < -0.39 is 0 Å². The largest absolute Gasteiger partial charge is 0.391 e. The van der Waals surface area contributed by atoms with Crippen LogP contribution in [0.1, 0.15) is 13.3 Å². The van der Waals surface area contributed by atoms with Crippen LogP contribution in [-0.4, -0.2) is 17.8 Å². The monoisotopic (exact) mass is 233 g/mol. The summed E-state index contributed by atoms with van der Waals surface area (Å²) >= 11 is 11.6. The van der Waals surface area contributed by atoms with Crippen LogP contribution in [0.5, 0.6) is 0 Å². The fraction of sp³-hybridized carbons (Fsp3) is 0.400. The second-order valence-electron chi connectivity index (χ2n) is 3.10. The summed E-state index contributed by atoms with van der Waals surface area (Å²) < 4.78 is 0. The van der Waals surface area contributed by atoms with Crippen LogP contribution in [-0.2, 0) is 0 Å². The molecule has 0 bridgehead atoms. The lowest BCUT2D eigenvalue weighted by molar-refractivity contribution is 0.183. The Morgan fingerprint density at radius 2 is 1.86 bits per heavy atom. The Hall–Kier alpha value is -0.440. The molecule has 2 N–H and O–H groups in total. The summed E-state index contributed by atoms with van der Waals surface area (Å²) in [6.07, 6.45) is 0.383. The average molecular weight is 234 g/mol. The standard InChI is InChI=1S/C10H13Cl2NO/c1-2-10(14)6-13-9-4-7(11)3-8(12)5-9/h3-5,10,13-14H,2,6H2,1H3. The SMILES string of the molecule is CCC(O)CNc1cc(Cl)cc(Cl)c1. The molecular weight excluding hydrogens is 221 g/mol. The lowest BCUT2D eigenvalue weighted by Gasteiger charge is -2.11. The van der Waals surface area contributed by atoms with Gasteiger partial charge in [-0.25, -0.2) is 0 Å². The molecular formula is C10H13Cl2NO. The number of aliphatic hydroxyl groups is 1. The number of nitrogens with one attached hydrogen (secondary N) is 1. The van der Waals surface area contributed by atoms with Crippen molar-refractivity contribution in [3.8, 4) is 0 Å². The van der Waals surface area contributed by atoms with E-state index >= 15 is 0 Å². The molecule has 4 heteroatoms. The summed E-state index contributed by atoms with van der Waals surface area (Å²) in [7, 11) is 0. The van der Waals surface area contributed by atoms with Crippen molar-refractivity contribution in [2.75, 3.05) is 11.9 Å². The fourth-order valence-electron chi connectivity index (χ4n) is 1.04. The molecule has 1 aromatic rings. The zero-order chi connectivity index (χ0) is 10.6. The molecule has 0 aliphatic carbocycles. The van der Waals surface area contributed by atoms with Crippen molar-refractivity contribution in [1.29, 1.82) is 0 Å². The highest BCUT2D eigenvalue weighted by molar-refractivity contribution is 6.35.